The lowest BCUT2D eigenvalue weighted by atomic mass is 10.0. The molecule has 0 fully saturated rings. The zero-order chi connectivity index (χ0) is 15.1. The van der Waals surface area contributed by atoms with E-state index in [-0.39, 0.29) is 24.3 Å². The van der Waals surface area contributed by atoms with Gasteiger partial charge in [0.15, 0.2) is 0 Å². The van der Waals surface area contributed by atoms with Gasteiger partial charge in [-0.3, -0.25) is 14.9 Å². The van der Waals surface area contributed by atoms with E-state index in [1.165, 1.54) is 7.11 Å². The number of carbonyl (C=O) groups excluding carboxylic acids is 2. The lowest BCUT2D eigenvalue weighted by Gasteiger charge is -2.19. The van der Waals surface area contributed by atoms with Gasteiger partial charge in [-0.1, -0.05) is 19.9 Å². The highest BCUT2D eigenvalue weighted by molar-refractivity contribution is 14.1. The zero-order valence-electron chi connectivity index (χ0n) is 11.8. The quantitative estimate of drug-likeness (QED) is 0.576. The predicted molar refractivity (Wildman–Crippen MR) is 86.4 cm³/mol. The minimum Gasteiger partial charge on any atom is -0.468 e. The van der Waals surface area contributed by atoms with Crippen molar-refractivity contribution in [2.24, 2.45) is 5.92 Å². The van der Waals surface area contributed by atoms with Crippen molar-refractivity contribution >= 4 is 40.2 Å². The molecule has 5 nitrogen and oxygen atoms in total. The summed E-state index contributed by atoms with van der Waals surface area (Å²) in [5.74, 6) is -0.503. The Kier molecular flexibility index (Phi) is 6.94. The molecule has 20 heavy (non-hydrogen) atoms. The van der Waals surface area contributed by atoms with E-state index in [2.05, 4.69) is 33.2 Å². The highest BCUT2D eigenvalue weighted by Crippen LogP contribution is 2.12. The minimum atomic E-state index is -0.485. The van der Waals surface area contributed by atoms with Crippen molar-refractivity contribution in [2.75, 3.05) is 19.0 Å². The van der Waals surface area contributed by atoms with E-state index in [1.807, 2.05) is 38.1 Å². The lowest BCUT2D eigenvalue weighted by molar-refractivity contribution is -0.144. The first-order chi connectivity index (χ1) is 9.43. The summed E-state index contributed by atoms with van der Waals surface area (Å²) in [4.78, 5) is 23.4. The molecule has 2 N–H and O–H groups in total. The summed E-state index contributed by atoms with van der Waals surface area (Å²) < 4.78 is 5.75. The van der Waals surface area contributed by atoms with Crippen LogP contribution in [0.1, 0.15) is 13.8 Å². The third kappa shape index (κ3) is 5.46. The molecule has 0 saturated carbocycles. The van der Waals surface area contributed by atoms with Crippen molar-refractivity contribution in [1.82, 2.24) is 5.32 Å². The van der Waals surface area contributed by atoms with Crippen LogP contribution in [-0.4, -0.2) is 31.6 Å². The molecule has 6 heteroatoms. The topological polar surface area (TPSA) is 67.4 Å². The zero-order valence-corrected chi connectivity index (χ0v) is 13.9. The number of anilines is 1. The fraction of sp³-hybridized carbons (Fsp3) is 0.429. The van der Waals surface area contributed by atoms with Crippen molar-refractivity contribution in [3.05, 3.63) is 27.8 Å². The Morgan fingerprint density at radius 3 is 2.60 bits per heavy atom. The van der Waals surface area contributed by atoms with Crippen molar-refractivity contribution < 1.29 is 14.3 Å². The first-order valence-electron chi connectivity index (χ1n) is 6.30. The number of esters is 1. The molecule has 1 aromatic carbocycles. The lowest BCUT2D eigenvalue weighted by Crippen LogP contribution is -2.45. The summed E-state index contributed by atoms with van der Waals surface area (Å²) in [5.41, 5.74) is 0.739. The number of amides is 1. The van der Waals surface area contributed by atoms with E-state index < -0.39 is 6.04 Å². The van der Waals surface area contributed by atoms with E-state index in [9.17, 15) is 9.59 Å². The Hall–Kier alpha value is -1.15. The fourth-order valence-electron chi connectivity index (χ4n) is 1.69. The maximum atomic E-state index is 11.8. The largest absolute Gasteiger partial charge is 0.468 e. The van der Waals surface area contributed by atoms with Crippen LogP contribution in [0.25, 0.3) is 0 Å². The molecule has 1 atom stereocenters. The molecule has 0 bridgehead atoms. The van der Waals surface area contributed by atoms with E-state index in [4.69, 9.17) is 4.74 Å². The van der Waals surface area contributed by atoms with Crippen LogP contribution in [0, 0.1) is 9.49 Å². The summed E-state index contributed by atoms with van der Waals surface area (Å²) in [7, 11) is 1.34. The van der Waals surface area contributed by atoms with Gasteiger partial charge < -0.3 is 10.1 Å². The minimum absolute atomic E-state index is 0.0490. The van der Waals surface area contributed by atoms with Crippen molar-refractivity contribution in [1.29, 1.82) is 0 Å². The Morgan fingerprint density at radius 2 is 2.05 bits per heavy atom. The van der Waals surface area contributed by atoms with Gasteiger partial charge in [0.1, 0.15) is 6.04 Å². The molecule has 1 unspecified atom stereocenters. The number of hydrogen-bond acceptors (Lipinski definition) is 4. The highest BCUT2D eigenvalue weighted by Gasteiger charge is 2.22. The Labute approximate surface area is 132 Å². The molecule has 0 radical (unpaired) electrons. The molecular formula is C14H19IN2O3. The number of hydrogen-bond donors (Lipinski definition) is 2. The van der Waals surface area contributed by atoms with Crippen LogP contribution in [-0.2, 0) is 14.3 Å². The van der Waals surface area contributed by atoms with E-state index in [0.717, 1.165) is 9.26 Å². The second-order valence-electron chi connectivity index (χ2n) is 4.68. The molecule has 0 aliphatic rings. The maximum Gasteiger partial charge on any atom is 0.323 e. The monoisotopic (exact) mass is 390 g/mol. The van der Waals surface area contributed by atoms with Crippen LogP contribution in [0.2, 0.25) is 0 Å². The molecule has 1 amide bonds. The van der Waals surface area contributed by atoms with Crippen LogP contribution < -0.4 is 10.6 Å². The number of methoxy groups -OCH3 is 1. The molecule has 110 valence electrons. The molecule has 1 rings (SSSR count). The van der Waals surface area contributed by atoms with Gasteiger partial charge in [-0.25, -0.2) is 0 Å². The van der Waals surface area contributed by atoms with Crippen molar-refractivity contribution in [3.8, 4) is 0 Å². The fourth-order valence-corrected chi connectivity index (χ4v) is 2.24. The summed E-state index contributed by atoms with van der Waals surface area (Å²) in [6, 6.07) is 7.03. The molecule has 0 aliphatic heterocycles. The number of nitrogens with one attached hydrogen (secondary N) is 2. The third-order valence-electron chi connectivity index (χ3n) is 2.71. The Balaban J connectivity index is 2.52. The van der Waals surface area contributed by atoms with Gasteiger partial charge in [-0.2, -0.15) is 0 Å². The summed E-state index contributed by atoms with van der Waals surface area (Å²) in [5, 5.41) is 5.69. The maximum absolute atomic E-state index is 11.8. The second-order valence-corrected chi connectivity index (χ2v) is 5.93. The van der Waals surface area contributed by atoms with Gasteiger partial charge in [0.05, 0.1) is 13.7 Å². The number of halogens is 1. The van der Waals surface area contributed by atoms with E-state index in [1.54, 1.807) is 0 Å². The van der Waals surface area contributed by atoms with Crippen LogP contribution in [0.4, 0.5) is 5.69 Å². The Bertz CT molecular complexity index is 477. The van der Waals surface area contributed by atoms with Crippen molar-refractivity contribution in [2.45, 2.75) is 19.9 Å². The average molecular weight is 390 g/mol. The number of ether oxygens (including phenoxy) is 1. The van der Waals surface area contributed by atoms with Gasteiger partial charge in [0.2, 0.25) is 5.91 Å². The van der Waals surface area contributed by atoms with Gasteiger partial charge in [-0.05, 0) is 46.7 Å². The molecule has 0 aliphatic carbocycles. The summed E-state index contributed by atoms with van der Waals surface area (Å²) in [6.45, 7) is 3.85. The van der Waals surface area contributed by atoms with Crippen LogP contribution in [0.15, 0.2) is 24.3 Å². The molecule has 0 aromatic heterocycles. The highest BCUT2D eigenvalue weighted by atomic mass is 127. The normalized spacial score (nSPS) is 12.1. The molecule has 0 heterocycles. The number of rotatable bonds is 6. The predicted octanol–water partition coefficient (Wildman–Crippen LogP) is 2.02. The van der Waals surface area contributed by atoms with Crippen LogP contribution >= 0.6 is 22.6 Å². The molecular weight excluding hydrogens is 371 g/mol. The summed E-state index contributed by atoms with van der Waals surface area (Å²) >= 11 is 2.18. The van der Waals surface area contributed by atoms with Gasteiger partial charge in [0, 0.05) is 9.26 Å². The first kappa shape index (κ1) is 16.9. The van der Waals surface area contributed by atoms with Gasteiger partial charge in [0.25, 0.3) is 0 Å². The second kappa shape index (κ2) is 8.21. The summed E-state index contributed by atoms with van der Waals surface area (Å²) in [6.07, 6.45) is 0. The van der Waals surface area contributed by atoms with Crippen molar-refractivity contribution in [3.63, 3.8) is 0 Å². The van der Waals surface area contributed by atoms with E-state index in [0.29, 0.717) is 0 Å². The standard InChI is InChI=1S/C14H19IN2O3/c1-9(2)13(14(19)20-3)16-8-12(18)17-11-6-4-5-10(15)7-11/h4-7,9,13,16H,8H2,1-3H3,(H,17,18). The molecule has 0 saturated heterocycles. The van der Waals surface area contributed by atoms with Crippen LogP contribution in [0.3, 0.4) is 0 Å². The smallest absolute Gasteiger partial charge is 0.323 e. The average Bonchev–Trinajstić information content (AvgIpc) is 2.38. The van der Waals surface area contributed by atoms with Gasteiger partial charge in [-0.15, -0.1) is 0 Å². The Morgan fingerprint density at radius 1 is 1.35 bits per heavy atom. The third-order valence-corrected chi connectivity index (χ3v) is 3.38. The number of carbonyl (C=O) groups is 2. The van der Waals surface area contributed by atoms with E-state index >= 15 is 0 Å². The van der Waals surface area contributed by atoms with Crippen LogP contribution in [0.5, 0.6) is 0 Å². The van der Waals surface area contributed by atoms with Gasteiger partial charge >= 0.3 is 5.97 Å². The SMILES string of the molecule is COC(=O)C(NCC(=O)Nc1cccc(I)c1)C(C)C. The first-order valence-corrected chi connectivity index (χ1v) is 7.38. The molecule has 0 spiro atoms. The number of benzene rings is 1. The molecule has 1 aromatic rings.